The van der Waals surface area contributed by atoms with Gasteiger partial charge in [-0.15, -0.1) is 0 Å². The molecule has 17 heavy (non-hydrogen) atoms. The minimum Gasteiger partial charge on any atom is -0.396 e. The van der Waals surface area contributed by atoms with E-state index in [2.05, 4.69) is 0 Å². The van der Waals surface area contributed by atoms with Gasteiger partial charge in [0.05, 0.1) is 15.7 Å². The lowest BCUT2D eigenvalue weighted by molar-refractivity contribution is 0.164. The van der Waals surface area contributed by atoms with E-state index in [9.17, 15) is 5.11 Å². The highest BCUT2D eigenvalue weighted by molar-refractivity contribution is 6.39. The third kappa shape index (κ3) is 3.18. The molecule has 3 nitrogen and oxygen atoms in total. The molecule has 1 unspecified atom stereocenters. The van der Waals surface area contributed by atoms with E-state index >= 15 is 0 Å². The van der Waals surface area contributed by atoms with Crippen LogP contribution in [-0.2, 0) is 0 Å². The first-order valence-corrected chi connectivity index (χ1v) is 6.12. The van der Waals surface area contributed by atoms with Crippen molar-refractivity contribution in [3.05, 3.63) is 22.2 Å². The summed E-state index contributed by atoms with van der Waals surface area (Å²) in [5.74, 6) is 0. The van der Waals surface area contributed by atoms with Gasteiger partial charge in [-0.3, -0.25) is 0 Å². The summed E-state index contributed by atoms with van der Waals surface area (Å²) in [4.78, 5) is 1.82. The first-order valence-electron chi connectivity index (χ1n) is 5.36. The van der Waals surface area contributed by atoms with E-state index in [1.54, 1.807) is 19.1 Å². The fourth-order valence-electron chi connectivity index (χ4n) is 1.87. The summed E-state index contributed by atoms with van der Waals surface area (Å²) >= 11 is 12.0. The minimum atomic E-state index is -0.647. The topological polar surface area (TPSA) is 49.5 Å². The largest absolute Gasteiger partial charge is 0.396 e. The van der Waals surface area contributed by atoms with Gasteiger partial charge in [0.2, 0.25) is 0 Å². The average Bonchev–Trinajstić information content (AvgIpc) is 2.10. The van der Waals surface area contributed by atoms with Gasteiger partial charge in [-0.25, -0.2) is 0 Å². The Hall–Kier alpha value is -0.640. The molecule has 1 aromatic rings. The third-order valence-corrected chi connectivity index (χ3v) is 3.06. The molecule has 0 heterocycles. The van der Waals surface area contributed by atoms with Gasteiger partial charge in [-0.1, -0.05) is 23.2 Å². The molecule has 96 valence electrons. The molecule has 0 fully saturated rings. The summed E-state index contributed by atoms with van der Waals surface area (Å²) in [5, 5.41) is 10.6. The van der Waals surface area contributed by atoms with Crippen molar-refractivity contribution in [3.8, 4) is 0 Å². The first-order chi connectivity index (χ1) is 7.64. The molecule has 0 radical (unpaired) electrons. The van der Waals surface area contributed by atoms with Crippen LogP contribution in [0.5, 0.6) is 0 Å². The first kappa shape index (κ1) is 14.4. The second-order valence-corrected chi connectivity index (χ2v) is 5.81. The van der Waals surface area contributed by atoms with Crippen molar-refractivity contribution in [1.82, 2.24) is 0 Å². The maximum atomic E-state index is 9.86. The van der Waals surface area contributed by atoms with Crippen molar-refractivity contribution in [2.75, 3.05) is 10.6 Å². The molecule has 0 aliphatic rings. The number of nitrogens with two attached hydrogens (primary N) is 1. The summed E-state index contributed by atoms with van der Waals surface area (Å²) in [6.07, 6.45) is -0.647. The van der Waals surface area contributed by atoms with Gasteiger partial charge in [-0.2, -0.15) is 0 Å². The van der Waals surface area contributed by atoms with Crippen LogP contribution in [0.25, 0.3) is 0 Å². The Labute approximate surface area is 112 Å². The van der Waals surface area contributed by atoms with Crippen LogP contribution in [0, 0.1) is 0 Å². The molecule has 0 saturated carbocycles. The maximum Gasteiger partial charge on any atom is 0.124 e. The number of hydrogen-bond donors (Lipinski definition) is 2. The predicted octanol–water partition coefficient (Wildman–Crippen LogP) is 3.52. The quantitative estimate of drug-likeness (QED) is 0.642. The number of halogens is 2. The van der Waals surface area contributed by atoms with Gasteiger partial charge < -0.3 is 15.7 Å². The molecular formula is C12H18Cl2N2O. The fraction of sp³-hybridized carbons (Fsp3) is 0.500. The van der Waals surface area contributed by atoms with Crippen LogP contribution in [0.1, 0.15) is 27.7 Å². The maximum absolute atomic E-state index is 9.86. The van der Waals surface area contributed by atoms with Gasteiger partial charge in [0.1, 0.15) is 6.23 Å². The molecule has 0 aromatic heterocycles. The number of aliphatic hydroxyl groups is 1. The number of hydrogen-bond acceptors (Lipinski definition) is 3. The van der Waals surface area contributed by atoms with Crippen molar-refractivity contribution in [3.63, 3.8) is 0 Å². The Kier molecular flexibility index (Phi) is 4.18. The second kappa shape index (κ2) is 4.92. The van der Waals surface area contributed by atoms with Crippen LogP contribution in [-0.4, -0.2) is 16.9 Å². The van der Waals surface area contributed by atoms with Crippen LogP contribution in [0.4, 0.5) is 11.4 Å². The van der Waals surface area contributed by atoms with E-state index < -0.39 is 6.23 Å². The lowest BCUT2D eigenvalue weighted by Gasteiger charge is -2.40. The molecule has 0 saturated heterocycles. The monoisotopic (exact) mass is 276 g/mol. The predicted molar refractivity (Wildman–Crippen MR) is 74.8 cm³/mol. The summed E-state index contributed by atoms with van der Waals surface area (Å²) in [6.45, 7) is 7.69. The molecule has 0 aliphatic carbocycles. The zero-order chi connectivity index (χ0) is 13.4. The second-order valence-electron chi connectivity index (χ2n) is 5.00. The smallest absolute Gasteiger partial charge is 0.124 e. The molecular weight excluding hydrogens is 259 g/mol. The SMILES string of the molecule is CC(O)N(c1cc(Cl)c(N)c(Cl)c1)C(C)(C)C. The average molecular weight is 277 g/mol. The molecule has 1 aromatic carbocycles. The van der Waals surface area contributed by atoms with E-state index in [1.165, 1.54) is 0 Å². The highest BCUT2D eigenvalue weighted by Gasteiger charge is 2.26. The third-order valence-electron chi connectivity index (χ3n) is 2.44. The Morgan fingerprint density at radius 1 is 1.24 bits per heavy atom. The standard InChI is InChI=1S/C12H18Cl2N2O/c1-7(17)16(12(2,3)4)8-5-9(13)11(15)10(14)6-8/h5-7,17H,15H2,1-4H3. The van der Waals surface area contributed by atoms with Crippen LogP contribution in [0.15, 0.2) is 12.1 Å². The Morgan fingerprint density at radius 3 is 1.94 bits per heavy atom. The van der Waals surface area contributed by atoms with Gasteiger partial charge in [0.15, 0.2) is 0 Å². The van der Waals surface area contributed by atoms with Gasteiger partial charge in [0.25, 0.3) is 0 Å². The molecule has 1 rings (SSSR count). The molecule has 0 amide bonds. The van der Waals surface area contributed by atoms with Crippen LogP contribution < -0.4 is 10.6 Å². The van der Waals surface area contributed by atoms with E-state index in [0.717, 1.165) is 5.69 Å². The van der Waals surface area contributed by atoms with Crippen molar-refractivity contribution in [2.24, 2.45) is 0 Å². The Bertz CT molecular complexity index is 390. The van der Waals surface area contributed by atoms with Gasteiger partial charge in [0, 0.05) is 11.2 Å². The van der Waals surface area contributed by atoms with Gasteiger partial charge >= 0.3 is 0 Å². The Balaban J connectivity index is 3.30. The molecule has 0 bridgehead atoms. The molecule has 5 heteroatoms. The van der Waals surface area contributed by atoms with Crippen LogP contribution >= 0.6 is 23.2 Å². The van der Waals surface area contributed by atoms with Crippen LogP contribution in [0.3, 0.4) is 0 Å². The van der Waals surface area contributed by atoms with Crippen LogP contribution in [0.2, 0.25) is 10.0 Å². The number of nitrogens with zero attached hydrogens (tertiary/aromatic N) is 1. The summed E-state index contributed by atoms with van der Waals surface area (Å²) in [6, 6.07) is 3.42. The number of aliphatic hydroxyl groups excluding tert-OH is 1. The van der Waals surface area contributed by atoms with Crippen molar-refractivity contribution in [1.29, 1.82) is 0 Å². The lowest BCUT2D eigenvalue weighted by atomic mass is 10.0. The zero-order valence-electron chi connectivity index (χ0n) is 10.5. The number of anilines is 2. The van der Waals surface area contributed by atoms with Gasteiger partial charge in [-0.05, 0) is 39.8 Å². The normalized spacial score (nSPS) is 13.6. The van der Waals surface area contributed by atoms with E-state index in [4.69, 9.17) is 28.9 Å². The minimum absolute atomic E-state index is 0.253. The van der Waals surface area contributed by atoms with Crippen molar-refractivity contribution >= 4 is 34.6 Å². The number of rotatable bonds is 2. The molecule has 1 atom stereocenters. The fourth-order valence-corrected chi connectivity index (χ4v) is 2.35. The van der Waals surface area contributed by atoms with Crippen molar-refractivity contribution in [2.45, 2.75) is 39.5 Å². The highest BCUT2D eigenvalue weighted by atomic mass is 35.5. The molecule has 0 spiro atoms. The lowest BCUT2D eigenvalue weighted by Crippen LogP contribution is -2.47. The summed E-state index contributed by atoms with van der Waals surface area (Å²) < 4.78 is 0. The summed E-state index contributed by atoms with van der Waals surface area (Å²) in [7, 11) is 0. The molecule has 0 aliphatic heterocycles. The Morgan fingerprint density at radius 2 is 1.65 bits per heavy atom. The summed E-state index contributed by atoms with van der Waals surface area (Å²) in [5.41, 5.74) is 6.54. The highest BCUT2D eigenvalue weighted by Crippen LogP contribution is 2.35. The number of benzene rings is 1. The van der Waals surface area contributed by atoms with E-state index in [1.807, 2.05) is 25.7 Å². The molecule has 3 N–H and O–H groups in total. The van der Waals surface area contributed by atoms with Crippen molar-refractivity contribution < 1.29 is 5.11 Å². The van der Waals surface area contributed by atoms with E-state index in [0.29, 0.717) is 15.7 Å². The van der Waals surface area contributed by atoms with E-state index in [-0.39, 0.29) is 5.54 Å². The zero-order valence-corrected chi connectivity index (χ0v) is 12.0. The number of nitrogen functional groups attached to an aromatic ring is 1.